The molecule has 0 fully saturated rings. The second kappa shape index (κ2) is 5.75. The third-order valence-electron chi connectivity index (χ3n) is 2.83. The van der Waals surface area contributed by atoms with Crippen LogP contribution in [-0.2, 0) is 0 Å². The number of benzene rings is 1. The molecule has 0 amide bonds. The number of hydrogen-bond donors (Lipinski definition) is 2. The number of anilines is 1. The second-order valence-corrected chi connectivity index (χ2v) is 4.05. The van der Waals surface area contributed by atoms with Gasteiger partial charge in [0.25, 0.3) is 0 Å². The normalized spacial score (nSPS) is 10.3. The van der Waals surface area contributed by atoms with Crippen LogP contribution in [0.3, 0.4) is 0 Å². The molecule has 1 rings (SSSR count). The van der Waals surface area contributed by atoms with Crippen LogP contribution >= 0.6 is 0 Å². The largest absolute Gasteiger partial charge is 0.494 e. The smallest absolute Gasteiger partial charge is 0.145 e. The maximum atomic E-state index is 8.77. The third-order valence-corrected chi connectivity index (χ3v) is 2.83. The quantitative estimate of drug-likeness (QED) is 0.753. The van der Waals surface area contributed by atoms with Crippen molar-refractivity contribution in [2.45, 2.75) is 27.2 Å². The first-order chi connectivity index (χ1) is 7.61. The van der Waals surface area contributed by atoms with E-state index < -0.39 is 0 Å². The van der Waals surface area contributed by atoms with Gasteiger partial charge in [-0.2, -0.15) is 0 Å². The Morgan fingerprint density at radius 1 is 1.25 bits per heavy atom. The molecule has 0 aliphatic carbocycles. The van der Waals surface area contributed by atoms with Gasteiger partial charge >= 0.3 is 0 Å². The van der Waals surface area contributed by atoms with Crippen molar-refractivity contribution in [3.63, 3.8) is 0 Å². The van der Waals surface area contributed by atoms with Crippen molar-refractivity contribution in [3.05, 3.63) is 22.8 Å². The van der Waals surface area contributed by atoms with Crippen molar-refractivity contribution >= 4 is 5.69 Å². The summed E-state index contributed by atoms with van der Waals surface area (Å²) < 4.78 is 5.44. The zero-order chi connectivity index (χ0) is 12.1. The Kier molecular flexibility index (Phi) is 4.62. The maximum Gasteiger partial charge on any atom is 0.145 e. The lowest BCUT2D eigenvalue weighted by molar-refractivity contribution is 0.292. The Hall–Kier alpha value is -1.22. The first kappa shape index (κ1) is 12.8. The van der Waals surface area contributed by atoms with Crippen molar-refractivity contribution in [2.24, 2.45) is 0 Å². The van der Waals surface area contributed by atoms with Gasteiger partial charge < -0.3 is 15.2 Å². The molecule has 0 atom stereocenters. The zero-order valence-electron chi connectivity index (χ0n) is 10.6. The van der Waals surface area contributed by atoms with Gasteiger partial charge in [-0.15, -0.1) is 0 Å². The minimum Gasteiger partial charge on any atom is -0.494 e. The summed E-state index contributed by atoms with van der Waals surface area (Å²) in [6.07, 6.45) is 0.746. The van der Waals surface area contributed by atoms with Gasteiger partial charge in [0.2, 0.25) is 0 Å². The Morgan fingerprint density at radius 2 is 1.94 bits per heavy atom. The van der Waals surface area contributed by atoms with E-state index >= 15 is 0 Å². The fraction of sp³-hybridized carbons (Fsp3) is 0.538. The number of aliphatic hydroxyl groups is 1. The van der Waals surface area contributed by atoms with Gasteiger partial charge in [-0.25, -0.2) is 0 Å². The molecule has 0 saturated heterocycles. The van der Waals surface area contributed by atoms with E-state index in [1.165, 1.54) is 16.7 Å². The molecular weight excluding hydrogens is 202 g/mol. The van der Waals surface area contributed by atoms with Crippen LogP contribution in [0.25, 0.3) is 0 Å². The van der Waals surface area contributed by atoms with Crippen molar-refractivity contribution in [1.82, 2.24) is 0 Å². The molecular formula is C13H21NO2. The standard InChI is InChI=1S/C13H21NO2/c1-9-8-10(2)12(14-6-5-7-15)13(16-4)11(9)3/h8,14-15H,5-7H2,1-4H3. The fourth-order valence-electron chi connectivity index (χ4n) is 1.82. The number of aliphatic hydroxyl groups excluding tert-OH is 1. The number of methoxy groups -OCH3 is 1. The average molecular weight is 223 g/mol. The van der Waals surface area contributed by atoms with Crippen LogP contribution in [0, 0.1) is 20.8 Å². The van der Waals surface area contributed by atoms with Crippen molar-refractivity contribution in [1.29, 1.82) is 0 Å². The highest BCUT2D eigenvalue weighted by atomic mass is 16.5. The summed E-state index contributed by atoms with van der Waals surface area (Å²) in [6.45, 7) is 7.18. The van der Waals surface area contributed by atoms with E-state index in [-0.39, 0.29) is 6.61 Å². The van der Waals surface area contributed by atoms with Gasteiger partial charge in [-0.05, 0) is 43.9 Å². The molecule has 0 saturated carbocycles. The van der Waals surface area contributed by atoms with Gasteiger partial charge in [-0.3, -0.25) is 0 Å². The van der Waals surface area contributed by atoms with E-state index in [0.29, 0.717) is 0 Å². The molecule has 0 unspecified atom stereocenters. The molecule has 16 heavy (non-hydrogen) atoms. The summed E-state index contributed by atoms with van der Waals surface area (Å²) in [5, 5.41) is 12.1. The van der Waals surface area contributed by atoms with Crippen molar-refractivity contribution in [3.8, 4) is 5.75 Å². The highest BCUT2D eigenvalue weighted by molar-refractivity contribution is 5.66. The van der Waals surface area contributed by atoms with Gasteiger partial charge in [0, 0.05) is 13.2 Å². The second-order valence-electron chi connectivity index (χ2n) is 4.05. The van der Waals surface area contributed by atoms with E-state index in [0.717, 1.165) is 24.4 Å². The Balaban J connectivity index is 3.01. The van der Waals surface area contributed by atoms with Crippen LogP contribution in [0.15, 0.2) is 6.07 Å². The summed E-state index contributed by atoms with van der Waals surface area (Å²) in [7, 11) is 1.69. The molecule has 0 bridgehead atoms. The summed E-state index contributed by atoms with van der Waals surface area (Å²) >= 11 is 0. The summed E-state index contributed by atoms with van der Waals surface area (Å²) in [5.74, 6) is 0.912. The minimum absolute atomic E-state index is 0.208. The van der Waals surface area contributed by atoms with Crippen LogP contribution in [0.5, 0.6) is 5.75 Å². The molecule has 1 aromatic rings. The number of hydrogen-bond acceptors (Lipinski definition) is 3. The lowest BCUT2D eigenvalue weighted by Gasteiger charge is -2.17. The summed E-state index contributed by atoms with van der Waals surface area (Å²) in [6, 6.07) is 2.15. The Bertz CT molecular complexity index is 361. The molecule has 90 valence electrons. The van der Waals surface area contributed by atoms with Gasteiger partial charge in [0.05, 0.1) is 12.8 Å². The molecule has 0 aliphatic rings. The monoisotopic (exact) mass is 223 g/mol. The molecule has 0 radical (unpaired) electrons. The highest BCUT2D eigenvalue weighted by Crippen LogP contribution is 2.33. The molecule has 0 aliphatic heterocycles. The van der Waals surface area contributed by atoms with Crippen LogP contribution in [0.1, 0.15) is 23.1 Å². The van der Waals surface area contributed by atoms with Crippen LogP contribution in [-0.4, -0.2) is 25.4 Å². The van der Waals surface area contributed by atoms with E-state index in [1.807, 2.05) is 0 Å². The molecule has 2 N–H and O–H groups in total. The van der Waals surface area contributed by atoms with E-state index in [9.17, 15) is 0 Å². The Morgan fingerprint density at radius 3 is 2.50 bits per heavy atom. The molecule has 3 nitrogen and oxygen atoms in total. The lowest BCUT2D eigenvalue weighted by Crippen LogP contribution is -2.07. The lowest BCUT2D eigenvalue weighted by atomic mass is 10.0. The average Bonchev–Trinajstić information content (AvgIpc) is 2.26. The predicted octanol–water partition coefficient (Wildman–Crippen LogP) is 2.41. The van der Waals surface area contributed by atoms with Crippen LogP contribution in [0.2, 0.25) is 0 Å². The molecule has 3 heteroatoms. The first-order valence-electron chi connectivity index (χ1n) is 5.61. The molecule has 1 aromatic carbocycles. The molecule has 0 heterocycles. The van der Waals surface area contributed by atoms with Gasteiger partial charge in [0.1, 0.15) is 5.75 Å². The first-order valence-corrected chi connectivity index (χ1v) is 5.61. The van der Waals surface area contributed by atoms with E-state index in [2.05, 4.69) is 32.2 Å². The van der Waals surface area contributed by atoms with Gasteiger partial charge in [0.15, 0.2) is 0 Å². The van der Waals surface area contributed by atoms with E-state index in [4.69, 9.17) is 9.84 Å². The van der Waals surface area contributed by atoms with E-state index in [1.54, 1.807) is 7.11 Å². The van der Waals surface area contributed by atoms with Crippen LogP contribution < -0.4 is 10.1 Å². The summed E-state index contributed by atoms with van der Waals surface area (Å²) in [4.78, 5) is 0. The van der Waals surface area contributed by atoms with Gasteiger partial charge in [-0.1, -0.05) is 6.07 Å². The number of aryl methyl sites for hydroxylation is 2. The van der Waals surface area contributed by atoms with Crippen molar-refractivity contribution < 1.29 is 9.84 Å². The number of ether oxygens (including phenoxy) is 1. The van der Waals surface area contributed by atoms with Crippen LogP contribution in [0.4, 0.5) is 5.69 Å². The Labute approximate surface area is 97.4 Å². The maximum absolute atomic E-state index is 8.77. The number of nitrogens with one attached hydrogen (secondary N) is 1. The predicted molar refractivity (Wildman–Crippen MR) is 67.4 cm³/mol. The SMILES string of the molecule is COc1c(C)c(C)cc(C)c1NCCCO. The molecule has 0 aromatic heterocycles. The number of rotatable bonds is 5. The molecule has 0 spiro atoms. The topological polar surface area (TPSA) is 41.5 Å². The minimum atomic E-state index is 0.208. The highest BCUT2D eigenvalue weighted by Gasteiger charge is 2.11. The van der Waals surface area contributed by atoms with Crippen molar-refractivity contribution in [2.75, 3.05) is 25.6 Å². The summed E-state index contributed by atoms with van der Waals surface area (Å²) in [5.41, 5.74) is 4.62. The fourth-order valence-corrected chi connectivity index (χ4v) is 1.82. The third kappa shape index (κ3) is 2.67. The zero-order valence-corrected chi connectivity index (χ0v) is 10.6.